The van der Waals surface area contributed by atoms with Gasteiger partial charge in [0.15, 0.2) is 10.9 Å². The zero-order valence-corrected chi connectivity index (χ0v) is 14.5. The Labute approximate surface area is 150 Å². The van der Waals surface area contributed by atoms with Crippen molar-refractivity contribution in [1.29, 1.82) is 0 Å². The van der Waals surface area contributed by atoms with Crippen LogP contribution in [0.25, 0.3) is 0 Å². The number of likely N-dealkylation sites (N-methyl/N-ethyl adjacent to an activating group) is 1. The predicted molar refractivity (Wildman–Crippen MR) is 92.4 cm³/mol. The average Bonchev–Trinajstić information content (AvgIpc) is 3.13. The molecule has 0 aromatic carbocycles. The Morgan fingerprint density at radius 1 is 1.32 bits per heavy atom. The van der Waals surface area contributed by atoms with Crippen LogP contribution in [0.4, 0.5) is 0 Å². The Morgan fingerprint density at radius 2 is 2.04 bits per heavy atom. The van der Waals surface area contributed by atoms with E-state index in [-0.39, 0.29) is 16.6 Å². The van der Waals surface area contributed by atoms with Crippen molar-refractivity contribution in [3.05, 3.63) is 35.9 Å². The van der Waals surface area contributed by atoms with Crippen molar-refractivity contribution in [2.45, 2.75) is 6.92 Å². The summed E-state index contributed by atoms with van der Waals surface area (Å²) in [4.78, 5) is 41.6. The van der Waals surface area contributed by atoms with Gasteiger partial charge in [-0.15, -0.1) is 0 Å². The highest BCUT2D eigenvalue weighted by atomic mass is 32.1. The monoisotopic (exact) mass is 362 g/mol. The number of amides is 3. The second-order valence-electron chi connectivity index (χ2n) is 5.66. The number of thiocarbonyl (C=S) groups is 1. The maximum atomic E-state index is 12.4. The molecule has 1 aromatic heterocycles. The van der Waals surface area contributed by atoms with Gasteiger partial charge < -0.3 is 14.2 Å². The smallest absolute Gasteiger partial charge is 0.289 e. The van der Waals surface area contributed by atoms with Gasteiger partial charge in [-0.25, -0.2) is 0 Å². The summed E-state index contributed by atoms with van der Waals surface area (Å²) in [5.41, 5.74) is 0.0567. The van der Waals surface area contributed by atoms with E-state index in [2.05, 4.69) is 5.32 Å². The van der Waals surface area contributed by atoms with Crippen LogP contribution in [0.5, 0.6) is 0 Å². The van der Waals surface area contributed by atoms with Crippen molar-refractivity contribution < 1.29 is 18.8 Å². The first kappa shape index (κ1) is 17.2. The largest absolute Gasteiger partial charge is 0.459 e. The molecule has 3 heterocycles. The Balaban J connectivity index is 1.65. The minimum absolute atomic E-state index is 0.0567. The van der Waals surface area contributed by atoms with Crippen LogP contribution >= 0.6 is 12.2 Å². The van der Waals surface area contributed by atoms with E-state index in [9.17, 15) is 14.4 Å². The lowest BCUT2D eigenvalue weighted by molar-refractivity contribution is -0.129. The number of hydrogen-bond donors (Lipinski definition) is 1. The number of carbonyl (C=O) groups is 3. The molecule has 0 bridgehead atoms. The third-order valence-electron chi connectivity index (χ3n) is 4.15. The van der Waals surface area contributed by atoms with Gasteiger partial charge >= 0.3 is 0 Å². The molecule has 3 rings (SSSR count). The molecule has 1 N–H and O–H groups in total. The maximum Gasteiger partial charge on any atom is 0.289 e. The summed E-state index contributed by atoms with van der Waals surface area (Å²) in [5, 5.41) is 2.65. The standard InChI is InChI=1S/C16H18N4O4S/c1-2-20-14(22)11(13(21)17-16(20)25)10-18-5-7-19(8-6-18)15(23)12-4-3-9-24-12/h3-4,9-10H,2,5-8H2,1H3,(H,17,21,25). The molecule has 0 spiro atoms. The van der Waals surface area contributed by atoms with Crippen LogP contribution in [-0.2, 0) is 9.59 Å². The molecule has 9 heteroatoms. The summed E-state index contributed by atoms with van der Waals surface area (Å²) in [6.45, 7) is 4.18. The normalized spacial score (nSPS) is 20.3. The Morgan fingerprint density at radius 3 is 2.64 bits per heavy atom. The first-order valence-corrected chi connectivity index (χ1v) is 8.38. The fourth-order valence-corrected chi connectivity index (χ4v) is 3.07. The van der Waals surface area contributed by atoms with Crippen LogP contribution in [-0.4, -0.2) is 70.3 Å². The minimum atomic E-state index is -0.492. The Hall–Kier alpha value is -2.68. The van der Waals surface area contributed by atoms with Crippen LogP contribution in [0, 0.1) is 0 Å². The molecule has 0 aliphatic carbocycles. The fourth-order valence-electron chi connectivity index (χ4n) is 2.76. The summed E-state index contributed by atoms with van der Waals surface area (Å²) in [6, 6.07) is 3.30. The van der Waals surface area contributed by atoms with E-state index in [1.54, 1.807) is 30.2 Å². The fraction of sp³-hybridized carbons (Fsp3) is 0.375. The summed E-state index contributed by atoms with van der Waals surface area (Å²) >= 11 is 5.00. The van der Waals surface area contributed by atoms with E-state index in [0.717, 1.165) is 0 Å². The van der Waals surface area contributed by atoms with Crippen molar-refractivity contribution in [2.24, 2.45) is 0 Å². The molecule has 2 aliphatic heterocycles. The van der Waals surface area contributed by atoms with Gasteiger partial charge in [0.2, 0.25) is 0 Å². The van der Waals surface area contributed by atoms with Crippen LogP contribution in [0.3, 0.4) is 0 Å². The number of rotatable bonds is 3. The lowest BCUT2D eigenvalue weighted by Gasteiger charge is -2.35. The number of piperazine rings is 1. The molecular weight excluding hydrogens is 344 g/mol. The first-order chi connectivity index (χ1) is 12.0. The van der Waals surface area contributed by atoms with Crippen LogP contribution < -0.4 is 5.32 Å². The van der Waals surface area contributed by atoms with Gasteiger partial charge in [-0.3, -0.25) is 24.6 Å². The van der Waals surface area contributed by atoms with Gasteiger partial charge in [-0.05, 0) is 31.3 Å². The molecular formula is C16H18N4O4S. The van der Waals surface area contributed by atoms with E-state index in [0.29, 0.717) is 38.5 Å². The molecule has 8 nitrogen and oxygen atoms in total. The molecule has 132 valence electrons. The van der Waals surface area contributed by atoms with Gasteiger partial charge in [0.25, 0.3) is 17.7 Å². The number of carbonyl (C=O) groups excluding carboxylic acids is 3. The highest BCUT2D eigenvalue weighted by molar-refractivity contribution is 7.80. The lowest BCUT2D eigenvalue weighted by atomic mass is 10.2. The van der Waals surface area contributed by atoms with E-state index in [4.69, 9.17) is 16.6 Å². The van der Waals surface area contributed by atoms with E-state index in [1.165, 1.54) is 11.2 Å². The second-order valence-corrected chi connectivity index (χ2v) is 6.04. The molecule has 0 radical (unpaired) electrons. The van der Waals surface area contributed by atoms with E-state index < -0.39 is 11.8 Å². The van der Waals surface area contributed by atoms with Crippen molar-refractivity contribution >= 4 is 35.1 Å². The molecule has 1 aromatic rings. The Bertz CT molecular complexity index is 735. The third kappa shape index (κ3) is 3.41. The molecule has 0 saturated carbocycles. The minimum Gasteiger partial charge on any atom is -0.459 e. The Kier molecular flexibility index (Phi) is 4.84. The number of nitrogens with zero attached hydrogens (tertiary/aromatic N) is 3. The van der Waals surface area contributed by atoms with E-state index >= 15 is 0 Å². The molecule has 3 amide bonds. The highest BCUT2D eigenvalue weighted by Gasteiger charge is 2.33. The van der Waals surface area contributed by atoms with Crippen LogP contribution in [0.1, 0.15) is 17.5 Å². The topological polar surface area (TPSA) is 86.1 Å². The molecule has 2 fully saturated rings. The summed E-state index contributed by atoms with van der Waals surface area (Å²) in [7, 11) is 0. The quantitative estimate of drug-likeness (QED) is 0.469. The summed E-state index contributed by atoms with van der Waals surface area (Å²) < 4.78 is 5.13. The average molecular weight is 362 g/mol. The maximum absolute atomic E-state index is 12.4. The van der Waals surface area contributed by atoms with Crippen molar-refractivity contribution in [3.63, 3.8) is 0 Å². The van der Waals surface area contributed by atoms with Crippen LogP contribution in [0.2, 0.25) is 0 Å². The van der Waals surface area contributed by atoms with Crippen molar-refractivity contribution in [3.8, 4) is 0 Å². The number of hydrogen-bond acceptors (Lipinski definition) is 6. The third-order valence-corrected chi connectivity index (χ3v) is 4.47. The summed E-state index contributed by atoms with van der Waals surface area (Å²) in [5.74, 6) is -0.744. The highest BCUT2D eigenvalue weighted by Crippen LogP contribution is 2.14. The molecule has 0 unspecified atom stereocenters. The lowest BCUT2D eigenvalue weighted by Crippen LogP contribution is -2.54. The second kappa shape index (κ2) is 7.06. The van der Waals surface area contributed by atoms with Gasteiger partial charge in [-0.1, -0.05) is 0 Å². The van der Waals surface area contributed by atoms with Crippen molar-refractivity contribution in [1.82, 2.24) is 20.0 Å². The number of nitrogens with one attached hydrogen (secondary N) is 1. The first-order valence-electron chi connectivity index (χ1n) is 7.97. The predicted octanol–water partition coefficient (Wildman–Crippen LogP) is 0.184. The van der Waals surface area contributed by atoms with Crippen molar-refractivity contribution in [2.75, 3.05) is 32.7 Å². The molecule has 0 atom stereocenters. The van der Waals surface area contributed by atoms with E-state index in [1.807, 2.05) is 4.90 Å². The zero-order valence-electron chi connectivity index (χ0n) is 13.7. The number of furan rings is 1. The molecule has 2 aliphatic rings. The zero-order chi connectivity index (χ0) is 18.0. The molecule has 25 heavy (non-hydrogen) atoms. The van der Waals surface area contributed by atoms with Gasteiger partial charge in [0, 0.05) is 38.9 Å². The van der Waals surface area contributed by atoms with Gasteiger partial charge in [0.05, 0.1) is 6.26 Å². The SMILES string of the molecule is CCN1C(=O)C(=CN2CCN(C(=O)c3ccco3)CC2)C(=O)NC1=S. The van der Waals surface area contributed by atoms with Crippen LogP contribution in [0.15, 0.2) is 34.6 Å². The molecule has 2 saturated heterocycles. The van der Waals surface area contributed by atoms with Gasteiger partial charge in [0.1, 0.15) is 5.57 Å². The van der Waals surface area contributed by atoms with Gasteiger partial charge in [-0.2, -0.15) is 0 Å². The summed E-state index contributed by atoms with van der Waals surface area (Å²) in [6.07, 6.45) is 3.02.